The van der Waals surface area contributed by atoms with E-state index < -0.39 is 33.5 Å². The molecule has 0 fully saturated rings. The third-order valence-corrected chi connectivity index (χ3v) is 3.80. The third kappa shape index (κ3) is 4.48. The summed E-state index contributed by atoms with van der Waals surface area (Å²) in [6.45, 7) is 0.0181. The van der Waals surface area contributed by atoms with E-state index in [2.05, 4.69) is 5.32 Å². The van der Waals surface area contributed by atoms with Crippen molar-refractivity contribution < 1.29 is 23.1 Å². The van der Waals surface area contributed by atoms with Crippen LogP contribution in [-0.2, 0) is 19.4 Å². The van der Waals surface area contributed by atoms with Gasteiger partial charge in [-0.2, -0.15) is 0 Å². The van der Waals surface area contributed by atoms with Gasteiger partial charge < -0.3 is 10.4 Å². The van der Waals surface area contributed by atoms with Gasteiger partial charge >= 0.3 is 5.97 Å². The Kier molecular flexibility index (Phi) is 4.89. The van der Waals surface area contributed by atoms with Gasteiger partial charge in [-0.05, 0) is 12.8 Å². The Morgan fingerprint density at radius 3 is 2.33 bits per heavy atom. The van der Waals surface area contributed by atoms with Crippen molar-refractivity contribution in [3.63, 3.8) is 0 Å². The first-order valence-electron chi connectivity index (χ1n) is 5.64. The van der Waals surface area contributed by atoms with E-state index in [0.29, 0.717) is 12.8 Å². The summed E-state index contributed by atoms with van der Waals surface area (Å²) in [5.74, 6) is -2.88. The van der Waals surface area contributed by atoms with Gasteiger partial charge in [0.25, 0.3) is 0 Å². The van der Waals surface area contributed by atoms with Crippen LogP contribution >= 0.6 is 0 Å². The number of carbonyl (C=O) groups is 2. The summed E-state index contributed by atoms with van der Waals surface area (Å²) < 4.78 is 21.8. The van der Waals surface area contributed by atoms with Crippen molar-refractivity contribution in [2.24, 2.45) is 11.8 Å². The lowest BCUT2D eigenvalue weighted by molar-refractivity contribution is -0.147. The van der Waals surface area contributed by atoms with Crippen molar-refractivity contribution >= 4 is 21.7 Å². The fourth-order valence-corrected chi connectivity index (χ4v) is 2.34. The molecule has 0 radical (unpaired) electrons. The topological polar surface area (TPSA) is 101 Å². The van der Waals surface area contributed by atoms with Crippen LogP contribution in [0.15, 0.2) is 12.2 Å². The number of carboxylic acids is 1. The maximum atomic E-state index is 11.8. The van der Waals surface area contributed by atoms with Crippen LogP contribution in [0.4, 0.5) is 0 Å². The third-order valence-electron chi connectivity index (χ3n) is 2.86. The minimum Gasteiger partial charge on any atom is -0.481 e. The Hall–Kier alpha value is -1.37. The van der Waals surface area contributed by atoms with Crippen LogP contribution in [0.2, 0.25) is 0 Å². The smallest absolute Gasteiger partial charge is 0.307 e. The number of carboxylic acid groups (broad SMARTS) is 1. The molecule has 1 amide bonds. The van der Waals surface area contributed by atoms with E-state index in [4.69, 9.17) is 5.11 Å². The maximum absolute atomic E-state index is 11.8. The van der Waals surface area contributed by atoms with Crippen LogP contribution in [0.5, 0.6) is 0 Å². The first kappa shape index (κ1) is 14.7. The standard InChI is InChI=1S/C11H17NO5S/c1-18(16,17)7-6-12-10(13)8-4-2-3-5-9(8)11(14)15/h2-3,8-9H,4-7H2,1H3,(H,12,13)(H,14,15)/t8-,9+/m1/s1. The van der Waals surface area contributed by atoms with Crippen molar-refractivity contribution in [1.29, 1.82) is 0 Å². The summed E-state index contributed by atoms with van der Waals surface area (Å²) >= 11 is 0. The quantitative estimate of drug-likeness (QED) is 0.678. The van der Waals surface area contributed by atoms with E-state index >= 15 is 0 Å². The van der Waals surface area contributed by atoms with Crippen molar-refractivity contribution in [3.05, 3.63) is 12.2 Å². The lowest BCUT2D eigenvalue weighted by Crippen LogP contribution is -2.40. The van der Waals surface area contributed by atoms with Gasteiger partial charge in [-0.25, -0.2) is 8.42 Å². The van der Waals surface area contributed by atoms with Gasteiger partial charge in [0.1, 0.15) is 9.84 Å². The maximum Gasteiger partial charge on any atom is 0.307 e. The van der Waals surface area contributed by atoms with Crippen molar-refractivity contribution in [2.75, 3.05) is 18.6 Å². The number of sulfone groups is 1. The van der Waals surface area contributed by atoms with Gasteiger partial charge in [0, 0.05) is 12.8 Å². The van der Waals surface area contributed by atoms with Gasteiger partial charge in [-0.1, -0.05) is 12.2 Å². The van der Waals surface area contributed by atoms with Crippen LogP contribution < -0.4 is 5.32 Å². The zero-order valence-electron chi connectivity index (χ0n) is 10.1. The van der Waals surface area contributed by atoms with Gasteiger partial charge in [-0.15, -0.1) is 0 Å². The second-order valence-corrected chi connectivity index (χ2v) is 6.67. The Morgan fingerprint density at radius 2 is 1.83 bits per heavy atom. The number of allylic oxidation sites excluding steroid dienone is 2. The fourth-order valence-electron chi connectivity index (χ4n) is 1.87. The molecule has 1 aliphatic rings. The Bertz CT molecular complexity index is 454. The molecular weight excluding hydrogens is 258 g/mol. The highest BCUT2D eigenvalue weighted by atomic mass is 32.2. The number of aliphatic carboxylic acids is 1. The summed E-state index contributed by atoms with van der Waals surface area (Å²) in [5.41, 5.74) is 0. The zero-order chi connectivity index (χ0) is 13.8. The number of amides is 1. The van der Waals surface area contributed by atoms with Crippen LogP contribution in [0.25, 0.3) is 0 Å². The molecule has 1 aliphatic carbocycles. The van der Waals surface area contributed by atoms with E-state index in [1.54, 1.807) is 12.2 Å². The molecule has 0 aromatic rings. The van der Waals surface area contributed by atoms with Crippen LogP contribution in [0, 0.1) is 11.8 Å². The van der Waals surface area contributed by atoms with Crippen molar-refractivity contribution in [3.8, 4) is 0 Å². The summed E-state index contributed by atoms with van der Waals surface area (Å²) in [7, 11) is -3.13. The van der Waals surface area contributed by atoms with Crippen LogP contribution in [-0.4, -0.2) is 44.0 Å². The zero-order valence-corrected chi connectivity index (χ0v) is 10.9. The average molecular weight is 275 g/mol. The first-order valence-corrected chi connectivity index (χ1v) is 7.70. The SMILES string of the molecule is CS(=O)(=O)CCNC(=O)[C@@H]1CC=CC[C@@H]1C(=O)O. The summed E-state index contributed by atoms with van der Waals surface area (Å²) in [5, 5.41) is 11.5. The minimum absolute atomic E-state index is 0.0181. The molecule has 1 rings (SSSR count). The fraction of sp³-hybridized carbons (Fsp3) is 0.636. The second kappa shape index (κ2) is 5.99. The molecule has 0 aromatic heterocycles. The molecule has 6 nitrogen and oxygen atoms in total. The largest absolute Gasteiger partial charge is 0.481 e. The molecule has 0 heterocycles. The number of hydrogen-bond donors (Lipinski definition) is 2. The Labute approximate surface area is 106 Å². The monoisotopic (exact) mass is 275 g/mol. The molecule has 0 aliphatic heterocycles. The summed E-state index contributed by atoms with van der Waals surface area (Å²) in [6, 6.07) is 0. The number of carbonyl (C=O) groups excluding carboxylic acids is 1. The highest BCUT2D eigenvalue weighted by molar-refractivity contribution is 7.90. The molecule has 7 heteroatoms. The summed E-state index contributed by atoms with van der Waals surface area (Å²) in [4.78, 5) is 22.8. The van der Waals surface area contributed by atoms with Gasteiger partial charge in [0.15, 0.2) is 0 Å². The van der Waals surface area contributed by atoms with Gasteiger partial charge in [0.05, 0.1) is 17.6 Å². The molecule has 0 saturated carbocycles. The molecule has 0 saturated heterocycles. The van der Waals surface area contributed by atoms with Crippen LogP contribution in [0.3, 0.4) is 0 Å². The Balaban J connectivity index is 2.54. The number of nitrogens with one attached hydrogen (secondary N) is 1. The highest BCUT2D eigenvalue weighted by Crippen LogP contribution is 2.25. The van der Waals surface area contributed by atoms with Gasteiger partial charge in [-0.3, -0.25) is 9.59 Å². The predicted octanol–water partition coefficient (Wildman–Crippen LogP) is -0.186. The van der Waals surface area contributed by atoms with E-state index in [9.17, 15) is 18.0 Å². The van der Waals surface area contributed by atoms with Gasteiger partial charge in [0.2, 0.25) is 5.91 Å². The van der Waals surface area contributed by atoms with E-state index in [0.717, 1.165) is 6.26 Å². The molecule has 18 heavy (non-hydrogen) atoms. The lowest BCUT2D eigenvalue weighted by Gasteiger charge is -2.24. The molecular formula is C11H17NO5S. The van der Waals surface area contributed by atoms with E-state index in [1.165, 1.54) is 0 Å². The molecule has 0 unspecified atom stereocenters. The predicted molar refractivity (Wildman–Crippen MR) is 65.7 cm³/mol. The van der Waals surface area contributed by atoms with E-state index in [1.807, 2.05) is 0 Å². The number of hydrogen-bond acceptors (Lipinski definition) is 4. The summed E-state index contributed by atoms with van der Waals surface area (Å²) in [6.07, 6.45) is 5.32. The molecule has 0 spiro atoms. The van der Waals surface area contributed by atoms with Crippen LogP contribution in [0.1, 0.15) is 12.8 Å². The molecule has 0 bridgehead atoms. The molecule has 2 atom stereocenters. The van der Waals surface area contributed by atoms with Crippen molar-refractivity contribution in [2.45, 2.75) is 12.8 Å². The Morgan fingerprint density at radius 1 is 1.28 bits per heavy atom. The molecule has 2 N–H and O–H groups in total. The second-order valence-electron chi connectivity index (χ2n) is 4.41. The molecule has 0 aromatic carbocycles. The van der Waals surface area contributed by atoms with E-state index in [-0.39, 0.29) is 12.3 Å². The highest BCUT2D eigenvalue weighted by Gasteiger charge is 2.33. The number of rotatable bonds is 5. The lowest BCUT2D eigenvalue weighted by atomic mass is 9.82. The van der Waals surface area contributed by atoms with Crippen molar-refractivity contribution in [1.82, 2.24) is 5.32 Å². The normalized spacial score (nSPS) is 23.6. The molecule has 102 valence electrons. The first-order chi connectivity index (χ1) is 8.31. The average Bonchev–Trinajstić information content (AvgIpc) is 2.27. The minimum atomic E-state index is -3.13.